The Morgan fingerprint density at radius 3 is 2.50 bits per heavy atom. The fourth-order valence-electron chi connectivity index (χ4n) is 2.84. The number of hydrogen-bond acceptors (Lipinski definition) is 5. The fraction of sp³-hybridized carbons (Fsp3) is 0.286. The second-order valence-electron chi connectivity index (χ2n) is 7.25. The summed E-state index contributed by atoms with van der Waals surface area (Å²) >= 11 is 3.44. The lowest BCUT2D eigenvalue weighted by molar-refractivity contribution is 0.0542. The second-order valence-corrected chi connectivity index (χ2v) is 7.81. The summed E-state index contributed by atoms with van der Waals surface area (Å²) in [6.45, 7) is 5.40. The van der Waals surface area contributed by atoms with Crippen LogP contribution < -0.4 is 0 Å². The van der Waals surface area contributed by atoms with Crippen LogP contribution in [0.25, 0.3) is 22.4 Å². The topological polar surface area (TPSA) is 70.4 Å². The number of carbonyl (C=O) groups excluding carboxylic acids is 2. The van der Waals surface area contributed by atoms with E-state index in [4.69, 9.17) is 9.47 Å². The predicted octanol–water partition coefficient (Wildman–Crippen LogP) is 5.17. The maximum atomic E-state index is 13.1. The average molecular weight is 445 g/mol. The summed E-state index contributed by atoms with van der Waals surface area (Å²) in [6.07, 6.45) is -0.559. The van der Waals surface area contributed by atoms with Gasteiger partial charge in [0.1, 0.15) is 5.60 Å². The Bertz CT molecular complexity index is 1050. The highest BCUT2D eigenvalue weighted by atomic mass is 79.9. The molecule has 0 saturated heterocycles. The van der Waals surface area contributed by atoms with Gasteiger partial charge < -0.3 is 9.47 Å². The minimum atomic E-state index is -0.681. The summed E-state index contributed by atoms with van der Waals surface area (Å²) in [6, 6.07) is 12.6. The first kappa shape index (κ1) is 20.1. The van der Waals surface area contributed by atoms with E-state index >= 15 is 0 Å². The summed E-state index contributed by atoms with van der Waals surface area (Å²) < 4.78 is 11.9. The van der Waals surface area contributed by atoms with E-state index in [0.29, 0.717) is 33.3 Å². The van der Waals surface area contributed by atoms with Crippen molar-refractivity contribution in [3.8, 4) is 11.4 Å². The molecule has 0 fully saturated rings. The quantitative estimate of drug-likeness (QED) is 0.411. The van der Waals surface area contributed by atoms with Crippen LogP contribution in [0, 0.1) is 0 Å². The van der Waals surface area contributed by atoms with Crippen LogP contribution in [-0.2, 0) is 14.8 Å². The number of methoxy groups -OCH3 is 1. The van der Waals surface area contributed by atoms with E-state index in [1.165, 1.54) is 11.7 Å². The molecule has 0 aliphatic carbocycles. The molecule has 0 bridgehead atoms. The zero-order chi connectivity index (χ0) is 20.5. The number of ether oxygens (including phenoxy) is 2. The van der Waals surface area contributed by atoms with Gasteiger partial charge in [0.05, 0.1) is 23.7 Å². The molecule has 0 aliphatic heterocycles. The predicted molar refractivity (Wildman–Crippen MR) is 111 cm³/mol. The lowest BCUT2D eigenvalue weighted by atomic mass is 10.1. The van der Waals surface area contributed by atoms with Gasteiger partial charge in [0.2, 0.25) is 0 Å². The number of halogens is 1. The van der Waals surface area contributed by atoms with Gasteiger partial charge in [0, 0.05) is 10.9 Å². The van der Waals surface area contributed by atoms with Gasteiger partial charge in [0.15, 0.2) is 5.82 Å². The Morgan fingerprint density at radius 2 is 1.86 bits per heavy atom. The highest BCUT2D eigenvalue weighted by molar-refractivity contribution is 9.08. The molecule has 146 valence electrons. The van der Waals surface area contributed by atoms with Gasteiger partial charge in [-0.25, -0.2) is 19.1 Å². The molecule has 0 amide bonds. The molecule has 1 heterocycles. The van der Waals surface area contributed by atoms with E-state index in [0.717, 1.165) is 5.56 Å². The summed E-state index contributed by atoms with van der Waals surface area (Å²) in [5, 5.41) is 0.635. The molecule has 3 rings (SSSR count). The molecule has 0 N–H and O–H groups in total. The molecule has 28 heavy (non-hydrogen) atoms. The number of imidazole rings is 1. The molecule has 2 aromatic carbocycles. The lowest BCUT2D eigenvalue weighted by Gasteiger charge is -2.20. The third-order valence-electron chi connectivity index (χ3n) is 4.02. The molecular weight excluding hydrogens is 424 g/mol. The summed E-state index contributed by atoms with van der Waals surface area (Å²) in [7, 11) is 1.32. The first-order valence-corrected chi connectivity index (χ1v) is 9.85. The van der Waals surface area contributed by atoms with Crippen LogP contribution in [0.5, 0.6) is 0 Å². The van der Waals surface area contributed by atoms with Gasteiger partial charge in [-0.1, -0.05) is 40.2 Å². The third-order valence-corrected chi connectivity index (χ3v) is 4.67. The average Bonchev–Trinajstić information content (AvgIpc) is 3.04. The lowest BCUT2D eigenvalue weighted by Crippen LogP contribution is -2.27. The zero-order valence-electron chi connectivity index (χ0n) is 16.2. The number of fused-ring (bicyclic) bond motifs is 1. The van der Waals surface area contributed by atoms with Crippen LogP contribution in [-0.4, -0.2) is 34.3 Å². The largest absolute Gasteiger partial charge is 0.465 e. The van der Waals surface area contributed by atoms with Gasteiger partial charge >= 0.3 is 12.1 Å². The molecule has 7 heteroatoms. The molecular formula is C21H21BrN2O4. The van der Waals surface area contributed by atoms with Crippen molar-refractivity contribution < 1.29 is 19.1 Å². The van der Waals surface area contributed by atoms with E-state index in [1.807, 2.05) is 18.2 Å². The number of alkyl halides is 1. The number of esters is 1. The highest BCUT2D eigenvalue weighted by Crippen LogP contribution is 2.30. The molecule has 0 aliphatic rings. The normalized spacial score (nSPS) is 11.5. The van der Waals surface area contributed by atoms with Crippen LogP contribution >= 0.6 is 15.9 Å². The van der Waals surface area contributed by atoms with Crippen LogP contribution in [0.2, 0.25) is 0 Å². The minimum Gasteiger partial charge on any atom is -0.465 e. The number of rotatable bonds is 3. The summed E-state index contributed by atoms with van der Waals surface area (Å²) in [5.41, 5.74) is 2.37. The zero-order valence-corrected chi connectivity index (χ0v) is 17.7. The van der Waals surface area contributed by atoms with Crippen molar-refractivity contribution >= 4 is 39.0 Å². The molecule has 0 radical (unpaired) electrons. The number of aromatic nitrogens is 2. The SMILES string of the molecule is COC(=O)c1ccccc1-c1nc2ccc(CBr)cc2n1C(=O)OC(C)(C)C. The van der Waals surface area contributed by atoms with Crippen molar-refractivity contribution in [2.75, 3.05) is 7.11 Å². The van der Waals surface area contributed by atoms with E-state index in [9.17, 15) is 9.59 Å². The van der Waals surface area contributed by atoms with Gasteiger partial charge in [-0.2, -0.15) is 0 Å². The van der Waals surface area contributed by atoms with Crippen LogP contribution in [0.15, 0.2) is 42.5 Å². The van der Waals surface area contributed by atoms with Crippen molar-refractivity contribution in [1.82, 2.24) is 9.55 Å². The van der Waals surface area contributed by atoms with E-state index in [2.05, 4.69) is 20.9 Å². The molecule has 0 spiro atoms. The van der Waals surface area contributed by atoms with Crippen molar-refractivity contribution in [3.63, 3.8) is 0 Å². The van der Waals surface area contributed by atoms with Crippen molar-refractivity contribution in [1.29, 1.82) is 0 Å². The number of nitrogens with zero attached hydrogens (tertiary/aromatic N) is 2. The molecule has 0 atom stereocenters. The summed E-state index contributed by atoms with van der Waals surface area (Å²) in [5.74, 6) is -0.170. The smallest absolute Gasteiger partial charge is 0.420 e. The van der Waals surface area contributed by atoms with Crippen LogP contribution in [0.1, 0.15) is 36.7 Å². The Balaban J connectivity index is 2.30. The number of benzene rings is 2. The molecule has 0 unspecified atom stereocenters. The first-order valence-electron chi connectivity index (χ1n) is 8.73. The van der Waals surface area contributed by atoms with E-state index < -0.39 is 17.7 Å². The molecule has 1 aromatic heterocycles. The number of carbonyl (C=O) groups is 2. The highest BCUT2D eigenvalue weighted by Gasteiger charge is 2.26. The molecule has 6 nitrogen and oxygen atoms in total. The monoisotopic (exact) mass is 444 g/mol. The Morgan fingerprint density at radius 1 is 1.14 bits per heavy atom. The van der Waals surface area contributed by atoms with Crippen molar-refractivity contribution in [3.05, 3.63) is 53.6 Å². The molecule has 0 saturated carbocycles. The minimum absolute atomic E-state index is 0.325. The molecule has 3 aromatic rings. The third kappa shape index (κ3) is 3.94. The standard InChI is InChI=1S/C21H21BrN2O4/c1-21(2,3)28-20(26)24-17-11-13(12-22)9-10-16(17)23-18(24)14-7-5-6-8-15(14)19(25)27-4/h5-11H,12H2,1-4H3. The second kappa shape index (κ2) is 7.75. The maximum absolute atomic E-state index is 13.1. The fourth-order valence-corrected chi connectivity index (χ4v) is 3.19. The van der Waals surface area contributed by atoms with Crippen molar-refractivity contribution in [2.45, 2.75) is 31.7 Å². The van der Waals surface area contributed by atoms with Crippen molar-refractivity contribution in [2.24, 2.45) is 0 Å². The van der Waals surface area contributed by atoms with Crippen LogP contribution in [0.3, 0.4) is 0 Å². The Kier molecular flexibility index (Phi) is 5.56. The van der Waals surface area contributed by atoms with Gasteiger partial charge in [-0.15, -0.1) is 0 Å². The van der Waals surface area contributed by atoms with Gasteiger partial charge in [-0.3, -0.25) is 0 Å². The summed E-state index contributed by atoms with van der Waals surface area (Å²) in [4.78, 5) is 29.9. The first-order chi connectivity index (χ1) is 13.2. The van der Waals surface area contributed by atoms with Gasteiger partial charge in [-0.05, 0) is 44.5 Å². The Hall–Kier alpha value is -2.67. The van der Waals surface area contributed by atoms with E-state index in [-0.39, 0.29) is 0 Å². The Labute approximate surface area is 171 Å². The van der Waals surface area contributed by atoms with Crippen LogP contribution in [0.4, 0.5) is 4.79 Å². The van der Waals surface area contributed by atoms with Gasteiger partial charge in [0.25, 0.3) is 0 Å². The maximum Gasteiger partial charge on any atom is 0.420 e. The number of hydrogen-bond donors (Lipinski definition) is 0. The van der Waals surface area contributed by atoms with E-state index in [1.54, 1.807) is 45.0 Å².